The average Bonchev–Trinajstić information content (AvgIpc) is 2.61. The number of esters is 1. The molecule has 0 atom stereocenters. The Kier molecular flexibility index (Phi) is 5.13. The first kappa shape index (κ1) is 17.8. The van der Waals surface area contributed by atoms with Gasteiger partial charge in [-0.15, -0.1) is 0 Å². The van der Waals surface area contributed by atoms with Crippen LogP contribution < -0.4 is 10.9 Å². The lowest BCUT2D eigenvalue weighted by Crippen LogP contribution is -2.24. The highest BCUT2D eigenvalue weighted by atomic mass is 79.9. The molecule has 0 radical (unpaired) electrons. The second kappa shape index (κ2) is 7.49. The third-order valence-electron chi connectivity index (χ3n) is 3.40. The fraction of sp³-hybridized carbons (Fsp3) is 0.0556. The van der Waals surface area contributed by atoms with E-state index in [-0.39, 0.29) is 11.3 Å². The summed E-state index contributed by atoms with van der Waals surface area (Å²) in [6.45, 7) is -0.680. The van der Waals surface area contributed by atoms with Crippen molar-refractivity contribution >= 4 is 44.5 Å². The Morgan fingerprint density at radius 1 is 1.15 bits per heavy atom. The monoisotopic (exact) mass is 419 g/mol. The highest BCUT2D eigenvalue weighted by molar-refractivity contribution is 9.10. The minimum absolute atomic E-state index is 0.0560. The standard InChI is InChI=1S/C18H11BrFNO5/c19-11-5-6-14(13(20)8-11)21-16(22)9-25-17(23)12-7-10-3-1-2-4-15(10)26-18(12)24/h1-8H,9H2,(H,21,22). The first-order chi connectivity index (χ1) is 12.4. The third kappa shape index (κ3) is 3.97. The first-order valence-corrected chi connectivity index (χ1v) is 8.18. The van der Waals surface area contributed by atoms with E-state index >= 15 is 0 Å². The number of nitrogens with one attached hydrogen (secondary N) is 1. The molecule has 3 rings (SSSR count). The maximum atomic E-state index is 13.7. The van der Waals surface area contributed by atoms with Crippen molar-refractivity contribution in [3.63, 3.8) is 0 Å². The maximum Gasteiger partial charge on any atom is 0.351 e. The molecule has 2 aromatic carbocycles. The summed E-state index contributed by atoms with van der Waals surface area (Å²) in [6, 6.07) is 12.1. The summed E-state index contributed by atoms with van der Waals surface area (Å²) in [4.78, 5) is 35.7. The van der Waals surface area contributed by atoms with E-state index in [9.17, 15) is 18.8 Å². The van der Waals surface area contributed by atoms with E-state index in [0.29, 0.717) is 15.4 Å². The van der Waals surface area contributed by atoms with Crippen LogP contribution in [-0.2, 0) is 9.53 Å². The fourth-order valence-corrected chi connectivity index (χ4v) is 2.52. The Hall–Kier alpha value is -3.00. The molecule has 26 heavy (non-hydrogen) atoms. The molecule has 6 nitrogen and oxygen atoms in total. The van der Waals surface area contributed by atoms with Gasteiger partial charge in [0.2, 0.25) is 0 Å². The Morgan fingerprint density at radius 3 is 2.69 bits per heavy atom. The number of para-hydroxylation sites is 1. The fourth-order valence-electron chi connectivity index (χ4n) is 2.19. The zero-order valence-corrected chi connectivity index (χ0v) is 14.7. The molecule has 0 aliphatic heterocycles. The van der Waals surface area contributed by atoms with Gasteiger partial charge in [0.1, 0.15) is 17.0 Å². The number of benzene rings is 2. The lowest BCUT2D eigenvalue weighted by Gasteiger charge is -2.07. The van der Waals surface area contributed by atoms with E-state index in [1.165, 1.54) is 18.2 Å². The number of carbonyl (C=O) groups excluding carboxylic acids is 2. The van der Waals surface area contributed by atoms with Crippen molar-refractivity contribution < 1.29 is 23.1 Å². The molecule has 0 spiro atoms. The minimum Gasteiger partial charge on any atom is -0.452 e. The second-order valence-corrected chi connectivity index (χ2v) is 6.15. The first-order valence-electron chi connectivity index (χ1n) is 7.39. The summed E-state index contributed by atoms with van der Waals surface area (Å²) in [5.41, 5.74) is -0.920. The van der Waals surface area contributed by atoms with Crippen LogP contribution in [0.2, 0.25) is 0 Å². The quantitative estimate of drug-likeness (QED) is 0.516. The van der Waals surface area contributed by atoms with Crippen molar-refractivity contribution in [2.24, 2.45) is 0 Å². The van der Waals surface area contributed by atoms with Gasteiger partial charge < -0.3 is 14.5 Å². The summed E-state index contributed by atoms with van der Waals surface area (Å²) in [5, 5.41) is 2.82. The van der Waals surface area contributed by atoms with Crippen LogP contribution in [0, 0.1) is 5.82 Å². The van der Waals surface area contributed by atoms with Crippen LogP contribution in [-0.4, -0.2) is 18.5 Å². The van der Waals surface area contributed by atoms with Crippen LogP contribution in [0.3, 0.4) is 0 Å². The van der Waals surface area contributed by atoms with Gasteiger partial charge in [0.25, 0.3) is 5.91 Å². The smallest absolute Gasteiger partial charge is 0.351 e. The van der Waals surface area contributed by atoms with Crippen molar-refractivity contribution in [1.82, 2.24) is 0 Å². The molecule has 8 heteroatoms. The van der Waals surface area contributed by atoms with E-state index in [1.807, 2.05) is 0 Å². The third-order valence-corrected chi connectivity index (χ3v) is 3.89. The summed E-state index contributed by atoms with van der Waals surface area (Å²) < 4.78 is 24.0. The average molecular weight is 420 g/mol. The number of hydrogen-bond donors (Lipinski definition) is 1. The van der Waals surface area contributed by atoms with Gasteiger partial charge in [0.15, 0.2) is 6.61 Å². The van der Waals surface area contributed by atoms with Gasteiger partial charge in [0, 0.05) is 9.86 Å². The highest BCUT2D eigenvalue weighted by Crippen LogP contribution is 2.19. The Labute approximate surface area is 154 Å². The van der Waals surface area contributed by atoms with Crippen molar-refractivity contribution in [3.05, 3.63) is 74.8 Å². The van der Waals surface area contributed by atoms with Gasteiger partial charge in [-0.1, -0.05) is 34.1 Å². The van der Waals surface area contributed by atoms with Crippen molar-refractivity contribution in [2.75, 3.05) is 11.9 Å². The summed E-state index contributed by atoms with van der Waals surface area (Å²) in [6.07, 6.45) is 0. The molecule has 132 valence electrons. The predicted octanol–water partition coefficient (Wildman–Crippen LogP) is 3.49. The number of anilines is 1. The summed E-state index contributed by atoms with van der Waals surface area (Å²) in [7, 11) is 0. The van der Waals surface area contributed by atoms with Crippen LogP contribution in [0.15, 0.2) is 62.2 Å². The van der Waals surface area contributed by atoms with Gasteiger partial charge in [-0.3, -0.25) is 4.79 Å². The lowest BCUT2D eigenvalue weighted by atomic mass is 10.2. The normalized spacial score (nSPS) is 10.5. The van der Waals surface area contributed by atoms with Crippen molar-refractivity contribution in [2.45, 2.75) is 0 Å². The number of ether oxygens (including phenoxy) is 1. The molecule has 1 N–H and O–H groups in total. The van der Waals surface area contributed by atoms with Gasteiger partial charge in [0.05, 0.1) is 5.69 Å². The lowest BCUT2D eigenvalue weighted by molar-refractivity contribution is -0.119. The molecule has 0 bridgehead atoms. The molecule has 0 saturated carbocycles. The van der Waals surface area contributed by atoms with Gasteiger partial charge >= 0.3 is 11.6 Å². The van der Waals surface area contributed by atoms with Crippen molar-refractivity contribution in [3.8, 4) is 0 Å². The number of halogens is 2. The minimum atomic E-state index is -1.00. The number of amides is 1. The Morgan fingerprint density at radius 2 is 1.92 bits per heavy atom. The summed E-state index contributed by atoms with van der Waals surface area (Å²) >= 11 is 3.10. The van der Waals surface area contributed by atoms with E-state index in [0.717, 1.165) is 0 Å². The molecule has 0 aliphatic rings. The molecule has 1 aromatic heterocycles. The summed E-state index contributed by atoms with van der Waals surface area (Å²) in [5.74, 6) is -2.39. The molecule has 3 aromatic rings. The zero-order chi connectivity index (χ0) is 18.7. The van der Waals surface area contributed by atoms with Gasteiger partial charge in [-0.2, -0.15) is 0 Å². The zero-order valence-electron chi connectivity index (χ0n) is 13.1. The highest BCUT2D eigenvalue weighted by Gasteiger charge is 2.17. The molecular weight excluding hydrogens is 409 g/mol. The topological polar surface area (TPSA) is 85.6 Å². The molecule has 0 saturated heterocycles. The van der Waals surface area contributed by atoms with Gasteiger partial charge in [-0.25, -0.2) is 14.0 Å². The number of hydrogen-bond acceptors (Lipinski definition) is 5. The largest absolute Gasteiger partial charge is 0.452 e. The van der Waals surface area contributed by atoms with Crippen LogP contribution in [0.25, 0.3) is 11.0 Å². The van der Waals surface area contributed by atoms with E-state index in [2.05, 4.69) is 21.2 Å². The SMILES string of the molecule is O=C(COC(=O)c1cc2ccccc2oc1=O)Nc1ccc(Br)cc1F. The van der Waals surface area contributed by atoms with Crippen LogP contribution in [0.4, 0.5) is 10.1 Å². The Bertz CT molecular complexity index is 1060. The number of fused-ring (bicyclic) bond motifs is 1. The molecule has 0 aliphatic carbocycles. The molecule has 0 fully saturated rings. The van der Waals surface area contributed by atoms with E-state index in [1.54, 1.807) is 30.3 Å². The van der Waals surface area contributed by atoms with E-state index < -0.39 is 29.9 Å². The van der Waals surface area contributed by atoms with Crippen LogP contribution in [0.1, 0.15) is 10.4 Å². The van der Waals surface area contributed by atoms with Gasteiger partial charge in [-0.05, 0) is 30.3 Å². The molecule has 0 unspecified atom stereocenters. The molecular formula is C18H11BrFNO5. The maximum absolute atomic E-state index is 13.7. The van der Waals surface area contributed by atoms with Crippen LogP contribution >= 0.6 is 15.9 Å². The molecule has 1 amide bonds. The predicted molar refractivity (Wildman–Crippen MR) is 95.5 cm³/mol. The number of rotatable bonds is 4. The van der Waals surface area contributed by atoms with E-state index in [4.69, 9.17) is 9.15 Å². The van der Waals surface area contributed by atoms with Crippen molar-refractivity contribution in [1.29, 1.82) is 0 Å². The Balaban J connectivity index is 1.67. The number of carbonyl (C=O) groups is 2. The molecule has 1 heterocycles. The second-order valence-electron chi connectivity index (χ2n) is 5.23. The van der Waals surface area contributed by atoms with Crippen LogP contribution in [0.5, 0.6) is 0 Å².